The second-order valence-electron chi connectivity index (χ2n) is 5.01. The molecule has 0 aromatic carbocycles. The van der Waals surface area contributed by atoms with Gasteiger partial charge in [-0.15, -0.1) is 0 Å². The van der Waals surface area contributed by atoms with Crippen molar-refractivity contribution in [1.29, 1.82) is 0 Å². The van der Waals surface area contributed by atoms with Crippen LogP contribution in [-0.2, 0) is 16.3 Å². The highest BCUT2D eigenvalue weighted by molar-refractivity contribution is 7.91. The molecule has 0 bridgehead atoms. The molecular formula is C11H19N3O3S. The third kappa shape index (κ3) is 3.52. The first kappa shape index (κ1) is 13.5. The lowest BCUT2D eigenvalue weighted by Crippen LogP contribution is -2.25. The lowest BCUT2D eigenvalue weighted by molar-refractivity contribution is 0.367. The van der Waals surface area contributed by atoms with E-state index in [1.165, 1.54) is 0 Å². The summed E-state index contributed by atoms with van der Waals surface area (Å²) in [5.74, 6) is 1.40. The second kappa shape index (κ2) is 5.36. The summed E-state index contributed by atoms with van der Waals surface area (Å²) in [7, 11) is -2.90. The summed E-state index contributed by atoms with van der Waals surface area (Å²) in [6.07, 6.45) is 1.27. The summed E-state index contributed by atoms with van der Waals surface area (Å²) in [6, 6.07) is 0.423. The van der Waals surface area contributed by atoms with E-state index in [0.29, 0.717) is 30.6 Å². The second-order valence-corrected chi connectivity index (χ2v) is 7.23. The Morgan fingerprint density at radius 1 is 1.50 bits per heavy atom. The van der Waals surface area contributed by atoms with Crippen molar-refractivity contribution in [2.24, 2.45) is 0 Å². The van der Waals surface area contributed by atoms with Crippen molar-refractivity contribution in [2.75, 3.05) is 18.1 Å². The largest absolute Gasteiger partial charge is 0.339 e. The van der Waals surface area contributed by atoms with Gasteiger partial charge < -0.3 is 9.84 Å². The van der Waals surface area contributed by atoms with Crippen LogP contribution in [0.3, 0.4) is 0 Å². The zero-order valence-corrected chi connectivity index (χ0v) is 11.5. The summed E-state index contributed by atoms with van der Waals surface area (Å²) < 4.78 is 27.9. The summed E-state index contributed by atoms with van der Waals surface area (Å²) in [5, 5.41) is 7.15. The Kier molecular flexibility index (Phi) is 4.01. The fourth-order valence-electron chi connectivity index (χ4n) is 2.00. The van der Waals surface area contributed by atoms with Gasteiger partial charge in [-0.3, -0.25) is 0 Å². The van der Waals surface area contributed by atoms with Crippen molar-refractivity contribution in [1.82, 2.24) is 15.5 Å². The molecule has 0 saturated carbocycles. The number of sulfone groups is 1. The van der Waals surface area contributed by atoms with Gasteiger partial charge >= 0.3 is 0 Å². The van der Waals surface area contributed by atoms with E-state index in [4.69, 9.17) is 4.52 Å². The van der Waals surface area contributed by atoms with Gasteiger partial charge in [-0.25, -0.2) is 8.42 Å². The molecule has 0 amide bonds. The maximum Gasteiger partial charge on any atom is 0.227 e. The molecule has 0 radical (unpaired) electrons. The molecule has 7 heteroatoms. The van der Waals surface area contributed by atoms with Crippen molar-refractivity contribution >= 4 is 9.84 Å². The molecule has 6 nitrogen and oxygen atoms in total. The van der Waals surface area contributed by atoms with Crippen LogP contribution in [0.2, 0.25) is 0 Å². The van der Waals surface area contributed by atoms with Crippen LogP contribution in [0.15, 0.2) is 4.52 Å². The minimum absolute atomic E-state index is 0.0921. The van der Waals surface area contributed by atoms with Gasteiger partial charge in [0.1, 0.15) is 0 Å². The predicted molar refractivity (Wildman–Crippen MR) is 67.2 cm³/mol. The Labute approximate surface area is 107 Å². The van der Waals surface area contributed by atoms with Crippen molar-refractivity contribution in [3.63, 3.8) is 0 Å². The molecule has 2 rings (SSSR count). The molecule has 102 valence electrons. The van der Waals surface area contributed by atoms with Crippen molar-refractivity contribution < 1.29 is 12.9 Å². The molecule has 2 heterocycles. The molecule has 1 atom stereocenters. The van der Waals surface area contributed by atoms with Gasteiger partial charge in [0.2, 0.25) is 5.89 Å². The van der Waals surface area contributed by atoms with Crippen molar-refractivity contribution in [3.8, 4) is 0 Å². The van der Waals surface area contributed by atoms with Crippen LogP contribution in [0.5, 0.6) is 0 Å². The van der Waals surface area contributed by atoms with Crippen LogP contribution >= 0.6 is 0 Å². The van der Waals surface area contributed by atoms with Crippen LogP contribution in [0.1, 0.15) is 37.9 Å². The SMILES string of the molecule is CC(C)NCCc1nc(C2CCS(=O)(=O)C2)no1. The lowest BCUT2D eigenvalue weighted by Gasteiger charge is -2.04. The molecule has 1 N–H and O–H groups in total. The number of hydrogen-bond donors (Lipinski definition) is 1. The number of rotatable bonds is 5. The molecule has 1 unspecified atom stereocenters. The van der Waals surface area contributed by atoms with Gasteiger partial charge in [0.15, 0.2) is 15.7 Å². The average molecular weight is 273 g/mol. The van der Waals surface area contributed by atoms with E-state index >= 15 is 0 Å². The minimum Gasteiger partial charge on any atom is -0.339 e. The average Bonchev–Trinajstić information content (AvgIpc) is 2.84. The van der Waals surface area contributed by atoms with Gasteiger partial charge in [-0.2, -0.15) is 4.98 Å². The number of nitrogens with zero attached hydrogens (tertiary/aromatic N) is 2. The van der Waals surface area contributed by atoms with Crippen LogP contribution in [-0.4, -0.2) is 42.7 Å². The highest BCUT2D eigenvalue weighted by Crippen LogP contribution is 2.26. The van der Waals surface area contributed by atoms with E-state index in [1.807, 2.05) is 0 Å². The van der Waals surface area contributed by atoms with E-state index < -0.39 is 9.84 Å². The predicted octanol–water partition coefficient (Wildman–Crippen LogP) is 0.512. The smallest absolute Gasteiger partial charge is 0.227 e. The summed E-state index contributed by atoms with van der Waals surface area (Å²) in [6.45, 7) is 4.92. The lowest BCUT2D eigenvalue weighted by atomic mass is 10.1. The first-order chi connectivity index (χ1) is 8.46. The van der Waals surface area contributed by atoms with E-state index in [1.54, 1.807) is 0 Å². The standard InChI is InChI=1S/C11H19N3O3S/c1-8(2)12-5-3-10-13-11(14-17-10)9-4-6-18(15,16)7-9/h8-9,12H,3-7H2,1-2H3. The molecular weight excluding hydrogens is 254 g/mol. The fraction of sp³-hybridized carbons (Fsp3) is 0.818. The minimum atomic E-state index is -2.90. The van der Waals surface area contributed by atoms with E-state index in [2.05, 4.69) is 29.3 Å². The quantitative estimate of drug-likeness (QED) is 0.841. The zero-order chi connectivity index (χ0) is 13.2. The maximum absolute atomic E-state index is 11.4. The molecule has 1 aliphatic rings. The fourth-order valence-corrected chi connectivity index (χ4v) is 3.74. The van der Waals surface area contributed by atoms with E-state index in [9.17, 15) is 8.42 Å². The molecule has 1 aromatic heterocycles. The molecule has 1 fully saturated rings. The Hall–Kier alpha value is -0.950. The topological polar surface area (TPSA) is 85.1 Å². The van der Waals surface area contributed by atoms with Crippen molar-refractivity contribution in [2.45, 2.75) is 38.6 Å². The Morgan fingerprint density at radius 3 is 2.89 bits per heavy atom. The summed E-state index contributed by atoms with van der Waals surface area (Å²) in [4.78, 5) is 4.27. The zero-order valence-electron chi connectivity index (χ0n) is 10.7. The highest BCUT2D eigenvalue weighted by atomic mass is 32.2. The monoisotopic (exact) mass is 273 g/mol. The molecule has 0 spiro atoms. The molecule has 1 aromatic rings. The van der Waals surface area contributed by atoms with E-state index in [-0.39, 0.29) is 17.4 Å². The van der Waals surface area contributed by atoms with Crippen LogP contribution < -0.4 is 5.32 Å². The number of nitrogens with one attached hydrogen (secondary N) is 1. The molecule has 18 heavy (non-hydrogen) atoms. The third-order valence-electron chi connectivity index (χ3n) is 2.97. The summed E-state index contributed by atoms with van der Waals surface area (Å²) >= 11 is 0. The van der Waals surface area contributed by atoms with Gasteiger partial charge in [-0.1, -0.05) is 19.0 Å². The Bertz CT molecular complexity index is 495. The van der Waals surface area contributed by atoms with Crippen molar-refractivity contribution in [3.05, 3.63) is 11.7 Å². The Balaban J connectivity index is 1.90. The van der Waals surface area contributed by atoms with Gasteiger partial charge in [0.25, 0.3) is 0 Å². The number of aromatic nitrogens is 2. The van der Waals surface area contributed by atoms with E-state index in [0.717, 1.165) is 6.54 Å². The van der Waals surface area contributed by atoms with Gasteiger partial charge in [0, 0.05) is 24.9 Å². The first-order valence-electron chi connectivity index (χ1n) is 6.22. The summed E-state index contributed by atoms with van der Waals surface area (Å²) in [5.41, 5.74) is 0. The van der Waals surface area contributed by atoms with Crippen LogP contribution in [0.4, 0.5) is 0 Å². The normalized spacial score (nSPS) is 22.7. The third-order valence-corrected chi connectivity index (χ3v) is 4.74. The van der Waals surface area contributed by atoms with Gasteiger partial charge in [0.05, 0.1) is 11.5 Å². The van der Waals surface area contributed by atoms with Gasteiger partial charge in [-0.05, 0) is 6.42 Å². The maximum atomic E-state index is 11.4. The first-order valence-corrected chi connectivity index (χ1v) is 8.05. The highest BCUT2D eigenvalue weighted by Gasteiger charge is 2.32. The Morgan fingerprint density at radius 2 is 2.28 bits per heavy atom. The van der Waals surface area contributed by atoms with Crippen LogP contribution in [0.25, 0.3) is 0 Å². The molecule has 1 saturated heterocycles. The molecule has 0 aliphatic carbocycles. The molecule has 1 aliphatic heterocycles. The van der Waals surface area contributed by atoms with Crippen LogP contribution in [0, 0.1) is 0 Å². The number of hydrogen-bond acceptors (Lipinski definition) is 6.